The smallest absolute Gasteiger partial charge is 0.241 e. The minimum Gasteiger partial charge on any atom is -0.325 e. The highest BCUT2D eigenvalue weighted by Gasteiger charge is 2.21. The van der Waals surface area contributed by atoms with Crippen molar-refractivity contribution in [3.8, 4) is 0 Å². The van der Waals surface area contributed by atoms with Crippen LogP contribution >= 0.6 is 0 Å². The SMILES string of the molecule is CC(=O)c1ccc(NC(=O)C(C)N(C)CC(=O)Nc2c(C)cc(C)cc2C)cc1. The Morgan fingerprint density at radius 1 is 0.966 bits per heavy atom. The predicted octanol–water partition coefficient (Wildman–Crippen LogP) is 3.71. The average Bonchev–Trinajstić information content (AvgIpc) is 2.64. The van der Waals surface area contributed by atoms with Crippen LogP contribution in [0.15, 0.2) is 36.4 Å². The molecule has 1 unspecified atom stereocenters. The van der Waals surface area contributed by atoms with Crippen molar-refractivity contribution in [3.63, 3.8) is 0 Å². The van der Waals surface area contributed by atoms with Crippen molar-refractivity contribution in [2.75, 3.05) is 24.2 Å². The molecule has 2 rings (SSSR count). The maximum Gasteiger partial charge on any atom is 0.241 e. The van der Waals surface area contributed by atoms with Gasteiger partial charge in [-0.2, -0.15) is 0 Å². The Hall–Kier alpha value is -2.99. The molecule has 0 aromatic heterocycles. The molecule has 154 valence electrons. The lowest BCUT2D eigenvalue weighted by molar-refractivity contribution is -0.122. The third-order valence-corrected chi connectivity index (χ3v) is 4.93. The fourth-order valence-corrected chi connectivity index (χ4v) is 3.15. The molecule has 0 aliphatic heterocycles. The number of rotatable bonds is 7. The minimum atomic E-state index is -0.506. The normalized spacial score (nSPS) is 11.8. The maximum absolute atomic E-state index is 12.5. The summed E-state index contributed by atoms with van der Waals surface area (Å²) in [5.41, 5.74) is 5.19. The lowest BCUT2D eigenvalue weighted by Gasteiger charge is -2.24. The second kappa shape index (κ2) is 9.47. The number of ketones is 1. The van der Waals surface area contributed by atoms with Crippen molar-refractivity contribution in [1.82, 2.24) is 4.90 Å². The summed E-state index contributed by atoms with van der Waals surface area (Å²) in [6.07, 6.45) is 0. The number of nitrogens with one attached hydrogen (secondary N) is 2. The molecule has 0 heterocycles. The monoisotopic (exact) mass is 395 g/mol. The molecule has 2 aromatic rings. The van der Waals surface area contributed by atoms with Crippen LogP contribution in [0, 0.1) is 20.8 Å². The van der Waals surface area contributed by atoms with Crippen LogP contribution < -0.4 is 10.6 Å². The summed E-state index contributed by atoms with van der Waals surface area (Å²) in [5.74, 6) is -0.423. The standard InChI is InChI=1S/C23H29N3O3/c1-14-11-15(2)22(16(3)12-14)25-21(28)13-26(6)17(4)23(29)24-20-9-7-19(8-10-20)18(5)27/h7-12,17H,13H2,1-6H3,(H,24,29)(H,25,28). The number of hydrogen-bond acceptors (Lipinski definition) is 4. The number of amides is 2. The van der Waals surface area contributed by atoms with Crippen LogP contribution in [0.1, 0.15) is 40.9 Å². The van der Waals surface area contributed by atoms with E-state index >= 15 is 0 Å². The van der Waals surface area contributed by atoms with Gasteiger partial charge in [-0.05, 0) is 77.1 Å². The topological polar surface area (TPSA) is 78.5 Å². The van der Waals surface area contributed by atoms with Gasteiger partial charge in [0.1, 0.15) is 0 Å². The van der Waals surface area contributed by atoms with Gasteiger partial charge in [0, 0.05) is 16.9 Å². The summed E-state index contributed by atoms with van der Waals surface area (Å²) in [6, 6.07) is 10.3. The number of carbonyl (C=O) groups excluding carboxylic acids is 3. The first-order chi connectivity index (χ1) is 13.6. The Morgan fingerprint density at radius 3 is 2.03 bits per heavy atom. The van der Waals surface area contributed by atoms with Crippen LogP contribution in [-0.4, -0.2) is 42.1 Å². The lowest BCUT2D eigenvalue weighted by Crippen LogP contribution is -2.43. The summed E-state index contributed by atoms with van der Waals surface area (Å²) in [6.45, 7) is 9.28. The van der Waals surface area contributed by atoms with Crippen molar-refractivity contribution in [2.45, 2.75) is 40.7 Å². The van der Waals surface area contributed by atoms with E-state index in [9.17, 15) is 14.4 Å². The summed E-state index contributed by atoms with van der Waals surface area (Å²) < 4.78 is 0. The molecule has 1 atom stereocenters. The highest BCUT2D eigenvalue weighted by Crippen LogP contribution is 2.22. The molecule has 0 saturated carbocycles. The first kappa shape index (κ1) is 22.3. The van der Waals surface area contributed by atoms with Gasteiger partial charge in [0.25, 0.3) is 0 Å². The van der Waals surface area contributed by atoms with Gasteiger partial charge < -0.3 is 10.6 Å². The van der Waals surface area contributed by atoms with E-state index in [1.54, 1.807) is 43.1 Å². The zero-order valence-electron chi connectivity index (χ0n) is 17.9. The number of benzene rings is 2. The third kappa shape index (κ3) is 5.99. The summed E-state index contributed by atoms with van der Waals surface area (Å²) in [4.78, 5) is 38.0. The Labute approximate surface area is 172 Å². The van der Waals surface area contributed by atoms with E-state index in [0.717, 1.165) is 22.4 Å². The van der Waals surface area contributed by atoms with Gasteiger partial charge >= 0.3 is 0 Å². The number of anilines is 2. The lowest BCUT2D eigenvalue weighted by atomic mass is 10.1. The van der Waals surface area contributed by atoms with E-state index in [1.165, 1.54) is 6.92 Å². The Bertz CT molecular complexity index is 896. The van der Waals surface area contributed by atoms with Crippen molar-refractivity contribution in [3.05, 3.63) is 58.7 Å². The van der Waals surface area contributed by atoms with Gasteiger partial charge in [-0.1, -0.05) is 17.7 Å². The molecule has 6 nitrogen and oxygen atoms in total. The molecule has 2 amide bonds. The largest absolute Gasteiger partial charge is 0.325 e. The highest BCUT2D eigenvalue weighted by molar-refractivity contribution is 5.98. The van der Waals surface area contributed by atoms with Gasteiger partial charge in [0.15, 0.2) is 5.78 Å². The molecule has 29 heavy (non-hydrogen) atoms. The quantitative estimate of drug-likeness (QED) is 0.701. The zero-order chi connectivity index (χ0) is 21.7. The number of likely N-dealkylation sites (N-methyl/N-ethyl adjacent to an activating group) is 1. The van der Waals surface area contributed by atoms with E-state index in [1.807, 2.05) is 32.9 Å². The summed E-state index contributed by atoms with van der Waals surface area (Å²) in [5, 5.41) is 5.77. The molecule has 0 saturated heterocycles. The predicted molar refractivity (Wildman–Crippen MR) is 116 cm³/mol. The van der Waals surface area contributed by atoms with Gasteiger partial charge in [-0.3, -0.25) is 19.3 Å². The van der Waals surface area contributed by atoms with E-state index in [0.29, 0.717) is 11.3 Å². The second-order valence-corrected chi connectivity index (χ2v) is 7.54. The molecule has 0 spiro atoms. The maximum atomic E-state index is 12.5. The van der Waals surface area contributed by atoms with Crippen molar-refractivity contribution in [2.24, 2.45) is 0 Å². The van der Waals surface area contributed by atoms with E-state index in [-0.39, 0.29) is 24.1 Å². The highest BCUT2D eigenvalue weighted by atomic mass is 16.2. The van der Waals surface area contributed by atoms with Crippen molar-refractivity contribution < 1.29 is 14.4 Å². The number of hydrogen-bond donors (Lipinski definition) is 2. The molecule has 0 bridgehead atoms. The van der Waals surface area contributed by atoms with Crippen LogP contribution in [0.25, 0.3) is 0 Å². The van der Waals surface area contributed by atoms with Crippen molar-refractivity contribution in [1.29, 1.82) is 0 Å². The van der Waals surface area contributed by atoms with Crippen LogP contribution in [0.5, 0.6) is 0 Å². The van der Waals surface area contributed by atoms with Crippen LogP contribution in [0.3, 0.4) is 0 Å². The second-order valence-electron chi connectivity index (χ2n) is 7.54. The molecule has 0 aliphatic carbocycles. The zero-order valence-corrected chi connectivity index (χ0v) is 17.9. The Morgan fingerprint density at radius 2 is 1.52 bits per heavy atom. The Balaban J connectivity index is 1.95. The molecule has 6 heteroatoms. The number of Topliss-reactive ketones (excluding diaryl/α,β-unsaturated/α-hetero) is 1. The van der Waals surface area contributed by atoms with Gasteiger partial charge in [0.05, 0.1) is 12.6 Å². The van der Waals surface area contributed by atoms with Crippen LogP contribution in [0.2, 0.25) is 0 Å². The molecule has 2 aromatic carbocycles. The fraction of sp³-hybridized carbons (Fsp3) is 0.348. The molecule has 0 fully saturated rings. The van der Waals surface area contributed by atoms with Gasteiger partial charge in [0.2, 0.25) is 11.8 Å². The van der Waals surface area contributed by atoms with Crippen LogP contribution in [-0.2, 0) is 9.59 Å². The Kier molecular flexibility index (Phi) is 7.29. The van der Waals surface area contributed by atoms with E-state index in [4.69, 9.17) is 0 Å². The number of nitrogens with zero attached hydrogens (tertiary/aromatic N) is 1. The van der Waals surface area contributed by atoms with Crippen molar-refractivity contribution >= 4 is 29.0 Å². The third-order valence-electron chi connectivity index (χ3n) is 4.93. The van der Waals surface area contributed by atoms with Gasteiger partial charge in [-0.25, -0.2) is 0 Å². The van der Waals surface area contributed by atoms with Gasteiger partial charge in [-0.15, -0.1) is 0 Å². The first-order valence-electron chi connectivity index (χ1n) is 9.58. The van der Waals surface area contributed by atoms with E-state index < -0.39 is 6.04 Å². The van der Waals surface area contributed by atoms with E-state index in [2.05, 4.69) is 10.6 Å². The van der Waals surface area contributed by atoms with Crippen LogP contribution in [0.4, 0.5) is 11.4 Å². The molecule has 0 aliphatic rings. The fourth-order valence-electron chi connectivity index (χ4n) is 3.15. The molecular weight excluding hydrogens is 366 g/mol. The molecule has 2 N–H and O–H groups in total. The minimum absolute atomic E-state index is 0.0268. The average molecular weight is 396 g/mol. The summed E-state index contributed by atoms with van der Waals surface area (Å²) >= 11 is 0. The number of aryl methyl sites for hydroxylation is 3. The molecular formula is C23H29N3O3. The summed E-state index contributed by atoms with van der Waals surface area (Å²) in [7, 11) is 1.73. The first-order valence-corrected chi connectivity index (χ1v) is 9.58. The number of carbonyl (C=O) groups is 3. The molecule has 0 radical (unpaired) electrons.